The summed E-state index contributed by atoms with van der Waals surface area (Å²) in [7, 11) is 0. The lowest BCUT2D eigenvalue weighted by Gasteiger charge is -2.36. The second kappa shape index (κ2) is 10.8. The van der Waals surface area contributed by atoms with Crippen LogP contribution in [0.2, 0.25) is 5.02 Å². The van der Waals surface area contributed by atoms with Gasteiger partial charge in [-0.1, -0.05) is 18.5 Å². The molecule has 202 valence electrons. The molecule has 5 rings (SSSR count). The minimum Gasteiger partial charge on any atom is -0.494 e. The van der Waals surface area contributed by atoms with E-state index in [0.717, 1.165) is 6.42 Å². The van der Waals surface area contributed by atoms with Gasteiger partial charge in [-0.05, 0) is 74.7 Å². The van der Waals surface area contributed by atoms with E-state index >= 15 is 0 Å². The van der Waals surface area contributed by atoms with Crippen molar-refractivity contribution in [1.82, 2.24) is 4.90 Å². The van der Waals surface area contributed by atoms with Crippen LogP contribution in [-0.2, 0) is 14.4 Å². The van der Waals surface area contributed by atoms with E-state index in [1.807, 2.05) is 13.8 Å². The first-order chi connectivity index (χ1) is 18.3. The summed E-state index contributed by atoms with van der Waals surface area (Å²) in [6, 6.07) is 12.6. The zero-order chi connectivity index (χ0) is 27.0. The summed E-state index contributed by atoms with van der Waals surface area (Å²) in [4.78, 5) is 43.0. The molecule has 6 atom stereocenters. The molecule has 3 saturated heterocycles. The highest BCUT2D eigenvalue weighted by atomic mass is 35.5. The molecular formula is C28H32ClN3O5S. The van der Waals surface area contributed by atoms with Crippen LogP contribution in [0.1, 0.15) is 33.1 Å². The Bertz CT molecular complexity index is 1210. The summed E-state index contributed by atoms with van der Waals surface area (Å²) < 4.78 is 4.75. The van der Waals surface area contributed by atoms with Gasteiger partial charge in [-0.2, -0.15) is 0 Å². The summed E-state index contributed by atoms with van der Waals surface area (Å²) in [6.45, 7) is 4.08. The van der Waals surface area contributed by atoms with E-state index in [2.05, 4.69) is 10.6 Å². The van der Waals surface area contributed by atoms with Gasteiger partial charge in [0.05, 0.1) is 35.8 Å². The third kappa shape index (κ3) is 4.54. The Balaban J connectivity index is 1.44. The monoisotopic (exact) mass is 557 g/mol. The number of halogens is 1. The van der Waals surface area contributed by atoms with Crippen LogP contribution in [0.25, 0.3) is 0 Å². The van der Waals surface area contributed by atoms with Crippen LogP contribution in [0, 0.1) is 11.8 Å². The Morgan fingerprint density at radius 2 is 1.74 bits per heavy atom. The van der Waals surface area contributed by atoms with Crippen molar-refractivity contribution in [2.24, 2.45) is 11.8 Å². The second-order valence-electron chi connectivity index (χ2n) is 9.99. The molecule has 1 spiro atoms. The van der Waals surface area contributed by atoms with Crippen LogP contribution < -0.4 is 15.4 Å². The number of carbonyl (C=O) groups is 3. The largest absolute Gasteiger partial charge is 0.494 e. The Labute approximate surface area is 231 Å². The quantitative estimate of drug-likeness (QED) is 0.427. The Hall–Kier alpha value is -2.75. The molecule has 2 aromatic carbocycles. The number of thioether (sulfide) groups is 1. The fourth-order valence-corrected chi connectivity index (χ4v) is 8.60. The fraction of sp³-hybridized carbons (Fsp3) is 0.464. The molecule has 3 fully saturated rings. The van der Waals surface area contributed by atoms with Crippen molar-refractivity contribution in [3.63, 3.8) is 0 Å². The highest BCUT2D eigenvalue weighted by Gasteiger charge is 2.74. The summed E-state index contributed by atoms with van der Waals surface area (Å²) >= 11 is 7.60. The van der Waals surface area contributed by atoms with Gasteiger partial charge in [0.15, 0.2) is 0 Å². The number of likely N-dealkylation sites (tertiary alicyclic amines) is 1. The molecule has 3 N–H and O–H groups in total. The molecule has 2 unspecified atom stereocenters. The number of hydrogen-bond acceptors (Lipinski definition) is 6. The minimum absolute atomic E-state index is 0.0613. The molecule has 3 heterocycles. The number of aliphatic hydroxyl groups excluding tert-OH is 1. The summed E-state index contributed by atoms with van der Waals surface area (Å²) in [5.41, 5.74) is 1.20. The van der Waals surface area contributed by atoms with E-state index in [4.69, 9.17) is 16.3 Å². The molecule has 0 aliphatic carbocycles. The fourth-order valence-electron chi connectivity index (χ4n) is 6.27. The van der Waals surface area contributed by atoms with Gasteiger partial charge in [0.25, 0.3) is 0 Å². The summed E-state index contributed by atoms with van der Waals surface area (Å²) in [5, 5.41) is 16.6. The molecule has 2 aromatic rings. The molecule has 3 aliphatic rings. The van der Waals surface area contributed by atoms with Gasteiger partial charge in [0, 0.05) is 21.6 Å². The van der Waals surface area contributed by atoms with Gasteiger partial charge in [-0.25, -0.2) is 0 Å². The zero-order valence-electron chi connectivity index (χ0n) is 21.4. The van der Waals surface area contributed by atoms with Crippen molar-refractivity contribution in [3.05, 3.63) is 53.6 Å². The standard InChI is InChI=1S/C28H32ClN3O5S/c1-3-19(15-33)32-24(26(35)31-17-7-5-16(29)6-8-17)28-14-13-21(38-28)22(23(28)27(32)36)25(34)30-18-9-11-20(12-10-18)37-4-2/h5-12,19,21-24,33H,3-4,13-15H2,1-2H3,(H,30,34)(H,31,35)/t19-,21+,22-,23-,24?,28?/m0/s1. The first-order valence-electron chi connectivity index (χ1n) is 13.0. The lowest BCUT2D eigenvalue weighted by atomic mass is 9.70. The topological polar surface area (TPSA) is 108 Å². The van der Waals surface area contributed by atoms with Crippen molar-refractivity contribution < 1.29 is 24.2 Å². The maximum absolute atomic E-state index is 14.0. The van der Waals surface area contributed by atoms with Gasteiger partial charge in [-0.3, -0.25) is 14.4 Å². The van der Waals surface area contributed by atoms with Crippen molar-refractivity contribution in [2.45, 2.75) is 55.2 Å². The number of benzene rings is 2. The van der Waals surface area contributed by atoms with E-state index in [9.17, 15) is 19.5 Å². The van der Waals surface area contributed by atoms with Crippen molar-refractivity contribution in [2.75, 3.05) is 23.8 Å². The predicted octanol–water partition coefficient (Wildman–Crippen LogP) is 4.18. The number of fused-ring (bicyclic) bond motifs is 1. The zero-order valence-corrected chi connectivity index (χ0v) is 22.9. The van der Waals surface area contributed by atoms with Gasteiger partial charge >= 0.3 is 0 Å². The van der Waals surface area contributed by atoms with Gasteiger partial charge in [0.2, 0.25) is 17.7 Å². The average molecular weight is 558 g/mol. The Morgan fingerprint density at radius 3 is 2.34 bits per heavy atom. The lowest BCUT2D eigenvalue weighted by molar-refractivity contribution is -0.141. The van der Waals surface area contributed by atoms with Crippen molar-refractivity contribution in [3.8, 4) is 5.75 Å². The highest BCUT2D eigenvalue weighted by Crippen LogP contribution is 2.66. The van der Waals surface area contributed by atoms with Crippen LogP contribution >= 0.6 is 23.4 Å². The number of anilines is 2. The van der Waals surface area contributed by atoms with E-state index in [-0.39, 0.29) is 29.6 Å². The SMILES string of the molecule is CCOc1ccc(NC(=O)[C@@H]2[C@H]3C(=O)N([C@@H](CC)CO)C(C(=O)Nc4ccc(Cl)cc4)C34CC[C@H]2S4)cc1. The normalized spacial score (nSPS) is 28.2. The number of ether oxygens (including phenoxy) is 1. The van der Waals surface area contributed by atoms with E-state index in [1.165, 1.54) is 0 Å². The molecule has 38 heavy (non-hydrogen) atoms. The molecular weight excluding hydrogens is 526 g/mol. The summed E-state index contributed by atoms with van der Waals surface area (Å²) in [6.07, 6.45) is 1.89. The van der Waals surface area contributed by atoms with Crippen molar-refractivity contribution >= 4 is 52.5 Å². The molecule has 8 nitrogen and oxygen atoms in total. The third-order valence-electron chi connectivity index (χ3n) is 7.91. The number of amides is 3. The number of hydrogen-bond donors (Lipinski definition) is 3. The number of rotatable bonds is 9. The first kappa shape index (κ1) is 26.8. The molecule has 10 heteroatoms. The maximum Gasteiger partial charge on any atom is 0.248 e. The van der Waals surface area contributed by atoms with Gasteiger partial charge in [0.1, 0.15) is 11.8 Å². The van der Waals surface area contributed by atoms with Crippen molar-refractivity contribution in [1.29, 1.82) is 0 Å². The van der Waals surface area contributed by atoms with Gasteiger partial charge < -0.3 is 25.4 Å². The molecule has 0 aromatic heterocycles. The Morgan fingerprint density at radius 1 is 1.11 bits per heavy atom. The number of nitrogens with zero attached hydrogens (tertiary/aromatic N) is 1. The average Bonchev–Trinajstić information content (AvgIpc) is 3.55. The van der Waals surface area contributed by atoms with Gasteiger partial charge in [-0.15, -0.1) is 11.8 Å². The molecule has 3 aliphatic heterocycles. The van der Waals surface area contributed by atoms with E-state index in [0.29, 0.717) is 41.6 Å². The highest BCUT2D eigenvalue weighted by molar-refractivity contribution is 8.02. The predicted molar refractivity (Wildman–Crippen MR) is 148 cm³/mol. The van der Waals surface area contributed by atoms with Crippen LogP contribution in [-0.4, -0.2) is 63.0 Å². The minimum atomic E-state index is -0.800. The number of nitrogens with one attached hydrogen (secondary N) is 2. The summed E-state index contributed by atoms with van der Waals surface area (Å²) in [5.74, 6) is -1.26. The van der Waals surface area contributed by atoms with E-state index in [1.54, 1.807) is 65.2 Å². The second-order valence-corrected chi connectivity index (χ2v) is 12.0. The molecule has 0 saturated carbocycles. The van der Waals surface area contributed by atoms with Crippen LogP contribution in [0.4, 0.5) is 11.4 Å². The third-order valence-corrected chi connectivity index (χ3v) is 10.1. The first-order valence-corrected chi connectivity index (χ1v) is 14.3. The van der Waals surface area contributed by atoms with Crippen LogP contribution in [0.3, 0.4) is 0 Å². The molecule has 0 radical (unpaired) electrons. The molecule has 3 amide bonds. The molecule has 2 bridgehead atoms. The van der Waals surface area contributed by atoms with Crippen LogP contribution in [0.15, 0.2) is 48.5 Å². The lowest BCUT2D eigenvalue weighted by Crippen LogP contribution is -2.54. The number of carbonyl (C=O) groups excluding carboxylic acids is 3. The van der Waals surface area contributed by atoms with Crippen LogP contribution in [0.5, 0.6) is 5.75 Å². The maximum atomic E-state index is 14.0. The number of aliphatic hydroxyl groups is 1. The smallest absolute Gasteiger partial charge is 0.248 e. The van der Waals surface area contributed by atoms with E-state index < -0.39 is 28.7 Å². The Kier molecular flexibility index (Phi) is 7.62.